The fraction of sp³-hybridized carbons (Fsp3) is 0.519. The Labute approximate surface area is 250 Å². The van der Waals surface area contributed by atoms with Gasteiger partial charge in [-0.3, -0.25) is 10.2 Å². The van der Waals surface area contributed by atoms with Crippen molar-refractivity contribution in [3.05, 3.63) is 28.4 Å². The van der Waals surface area contributed by atoms with Gasteiger partial charge in [-0.15, -0.1) is 0 Å². The van der Waals surface area contributed by atoms with E-state index >= 15 is 0 Å². The van der Waals surface area contributed by atoms with E-state index in [2.05, 4.69) is 31.2 Å². The van der Waals surface area contributed by atoms with Crippen molar-refractivity contribution in [1.29, 1.82) is 5.41 Å². The average molecular weight is 649 g/mol. The number of halogens is 1. The molecule has 5 rings (SSSR count). The molecule has 0 aliphatic carbocycles. The first kappa shape index (κ1) is 29.2. The number of aromatic amines is 1. The van der Waals surface area contributed by atoms with E-state index < -0.39 is 17.7 Å². The third kappa shape index (κ3) is 6.97. The van der Waals surface area contributed by atoms with Gasteiger partial charge in [0.05, 0.1) is 6.33 Å². The number of piperidine rings is 1. The number of hydrogen-bond acceptors (Lipinski definition) is 9. The SMILES string of the molecule is C[C@H](NC(=O)OC(C)(C)C)C(=O)N1CCCC(CCn2cnc(=N)c3[nH]c(Sc4cc5c(cc4Br)OCO5)nc32)C1. The average Bonchev–Trinajstić information content (AvgIpc) is 3.54. The molecule has 3 N–H and O–H groups in total. The van der Waals surface area contributed by atoms with Crippen LogP contribution in [0.5, 0.6) is 11.5 Å². The third-order valence-electron chi connectivity index (χ3n) is 6.84. The fourth-order valence-electron chi connectivity index (χ4n) is 4.90. The van der Waals surface area contributed by atoms with Gasteiger partial charge in [-0.1, -0.05) is 11.8 Å². The van der Waals surface area contributed by atoms with Crippen molar-refractivity contribution in [2.75, 3.05) is 19.9 Å². The molecule has 2 aromatic heterocycles. The lowest BCUT2D eigenvalue weighted by Crippen LogP contribution is -2.50. The van der Waals surface area contributed by atoms with Gasteiger partial charge >= 0.3 is 6.09 Å². The maximum Gasteiger partial charge on any atom is 0.408 e. The molecule has 1 fully saturated rings. The minimum absolute atomic E-state index is 0.112. The molecule has 12 nitrogen and oxygen atoms in total. The number of rotatable bonds is 7. The predicted molar refractivity (Wildman–Crippen MR) is 155 cm³/mol. The van der Waals surface area contributed by atoms with E-state index in [1.807, 2.05) is 21.6 Å². The Morgan fingerprint density at radius 1 is 1.32 bits per heavy atom. The second-order valence-corrected chi connectivity index (χ2v) is 13.1. The zero-order chi connectivity index (χ0) is 29.3. The number of aromatic nitrogens is 4. The predicted octanol–water partition coefficient (Wildman–Crippen LogP) is 4.42. The second-order valence-electron chi connectivity index (χ2n) is 11.2. The largest absolute Gasteiger partial charge is 0.454 e. The second kappa shape index (κ2) is 11.9. The number of imidazole rings is 1. The Morgan fingerprint density at radius 3 is 2.83 bits per heavy atom. The van der Waals surface area contributed by atoms with Crippen molar-refractivity contribution in [1.82, 2.24) is 29.7 Å². The molecule has 41 heavy (non-hydrogen) atoms. The molecule has 2 aliphatic rings. The zero-order valence-electron chi connectivity index (χ0n) is 23.5. The molecule has 0 spiro atoms. The molecule has 1 aromatic carbocycles. The number of hydrogen-bond donors (Lipinski definition) is 3. The molecule has 2 amide bonds. The summed E-state index contributed by atoms with van der Waals surface area (Å²) in [5, 5.41) is 11.6. The van der Waals surface area contributed by atoms with Crippen molar-refractivity contribution in [3.8, 4) is 11.5 Å². The molecule has 1 saturated heterocycles. The molecule has 1 unspecified atom stereocenters. The quantitative estimate of drug-likeness (QED) is 0.341. The standard InChI is InChI=1S/C27H34BrN7O5S/c1-15(31-26(37)40-27(2,3)4)24(36)34-8-5-6-16(12-34)7-9-35-13-30-22(29)21-23(35)33-25(32-21)41-20-11-19-18(10-17(20)28)38-14-39-19/h10-11,13,15-16,29H,5-9,12,14H2,1-4H3,(H,31,37)(H,32,33)/t15-,16?/m0/s1. The van der Waals surface area contributed by atoms with E-state index in [1.54, 1.807) is 34.0 Å². The summed E-state index contributed by atoms with van der Waals surface area (Å²) in [4.78, 5) is 40.2. The summed E-state index contributed by atoms with van der Waals surface area (Å²) in [7, 11) is 0. The number of nitrogens with one attached hydrogen (secondary N) is 3. The first-order valence-corrected chi connectivity index (χ1v) is 15.1. The monoisotopic (exact) mass is 647 g/mol. The van der Waals surface area contributed by atoms with Crippen LogP contribution in [-0.2, 0) is 16.1 Å². The van der Waals surface area contributed by atoms with Crippen molar-refractivity contribution >= 4 is 50.9 Å². The highest BCUT2D eigenvalue weighted by Gasteiger charge is 2.29. The van der Waals surface area contributed by atoms with Gasteiger partial charge in [0.15, 0.2) is 27.8 Å². The third-order valence-corrected chi connectivity index (χ3v) is 8.71. The van der Waals surface area contributed by atoms with Crippen LogP contribution in [-0.4, -0.2) is 67.9 Å². The van der Waals surface area contributed by atoms with Crippen LogP contribution in [0.1, 0.15) is 47.0 Å². The lowest BCUT2D eigenvalue weighted by molar-refractivity contribution is -0.134. The van der Waals surface area contributed by atoms with E-state index in [0.29, 0.717) is 47.5 Å². The number of carbonyl (C=O) groups is 2. The number of H-pyrrole nitrogens is 1. The van der Waals surface area contributed by atoms with Gasteiger partial charge in [-0.25, -0.2) is 14.8 Å². The maximum absolute atomic E-state index is 13.1. The van der Waals surface area contributed by atoms with Crippen LogP contribution in [0.3, 0.4) is 0 Å². The first-order valence-electron chi connectivity index (χ1n) is 13.5. The van der Waals surface area contributed by atoms with E-state index in [0.717, 1.165) is 28.6 Å². The van der Waals surface area contributed by atoms with Gasteiger partial charge in [0.2, 0.25) is 12.7 Å². The Hall–Kier alpha value is -3.26. The molecule has 2 atom stereocenters. The van der Waals surface area contributed by atoms with Gasteiger partial charge in [0.1, 0.15) is 17.2 Å². The summed E-state index contributed by atoms with van der Waals surface area (Å²) in [6.45, 7) is 9.17. The van der Waals surface area contributed by atoms with Crippen LogP contribution in [0.15, 0.2) is 33.0 Å². The number of amides is 2. The van der Waals surface area contributed by atoms with Gasteiger partial charge in [0, 0.05) is 29.0 Å². The Bertz CT molecular complexity index is 1520. The van der Waals surface area contributed by atoms with Crippen molar-refractivity contribution in [2.45, 2.75) is 75.2 Å². The zero-order valence-corrected chi connectivity index (χ0v) is 25.9. The molecular weight excluding hydrogens is 614 g/mol. The topological polar surface area (TPSA) is 147 Å². The summed E-state index contributed by atoms with van der Waals surface area (Å²) in [5.74, 6) is 1.55. The van der Waals surface area contributed by atoms with Gasteiger partial charge in [-0.2, -0.15) is 0 Å². The van der Waals surface area contributed by atoms with Crippen LogP contribution in [0.4, 0.5) is 4.79 Å². The van der Waals surface area contributed by atoms with E-state index in [-0.39, 0.29) is 24.1 Å². The van der Waals surface area contributed by atoms with Crippen molar-refractivity contribution in [2.24, 2.45) is 5.92 Å². The molecule has 0 bridgehead atoms. The highest BCUT2D eigenvalue weighted by molar-refractivity contribution is 9.10. The Balaban J connectivity index is 1.23. The molecule has 0 radical (unpaired) electrons. The number of nitrogens with zero attached hydrogens (tertiary/aromatic N) is 4. The van der Waals surface area contributed by atoms with Gasteiger partial charge < -0.3 is 34.0 Å². The molecule has 3 aromatic rings. The summed E-state index contributed by atoms with van der Waals surface area (Å²) in [5.41, 5.74) is 0.717. The number of fused-ring (bicyclic) bond motifs is 2. The van der Waals surface area contributed by atoms with Crippen LogP contribution >= 0.6 is 27.7 Å². The van der Waals surface area contributed by atoms with Crippen LogP contribution < -0.4 is 20.3 Å². The first-order chi connectivity index (χ1) is 19.5. The minimum Gasteiger partial charge on any atom is -0.454 e. The molecule has 14 heteroatoms. The number of carbonyl (C=O) groups excluding carboxylic acids is 2. The summed E-state index contributed by atoms with van der Waals surface area (Å²) < 4.78 is 19.0. The van der Waals surface area contributed by atoms with E-state index in [1.165, 1.54) is 11.8 Å². The van der Waals surface area contributed by atoms with E-state index in [4.69, 9.17) is 24.6 Å². The lowest BCUT2D eigenvalue weighted by atomic mass is 9.94. The molecule has 0 saturated carbocycles. The summed E-state index contributed by atoms with van der Waals surface area (Å²) in [6.07, 6.45) is 3.77. The number of benzene rings is 1. The van der Waals surface area contributed by atoms with Gasteiger partial charge in [0.25, 0.3) is 0 Å². The number of likely N-dealkylation sites (tertiary alicyclic amines) is 1. The van der Waals surface area contributed by atoms with Crippen molar-refractivity contribution < 1.29 is 23.8 Å². The maximum atomic E-state index is 13.1. The van der Waals surface area contributed by atoms with E-state index in [9.17, 15) is 9.59 Å². The van der Waals surface area contributed by atoms with Crippen LogP contribution in [0.2, 0.25) is 0 Å². The molecule has 2 aliphatic heterocycles. The molecular formula is C27H34BrN7O5S. The highest BCUT2D eigenvalue weighted by Crippen LogP contribution is 2.42. The van der Waals surface area contributed by atoms with Crippen molar-refractivity contribution in [3.63, 3.8) is 0 Å². The Kier molecular flexibility index (Phi) is 8.50. The van der Waals surface area contributed by atoms with Crippen LogP contribution in [0.25, 0.3) is 11.2 Å². The normalized spacial score (nSPS) is 17.5. The number of aryl methyl sites for hydroxylation is 1. The minimum atomic E-state index is -0.670. The van der Waals surface area contributed by atoms with Crippen LogP contribution in [0, 0.1) is 11.3 Å². The summed E-state index contributed by atoms with van der Waals surface area (Å²) in [6, 6.07) is 3.10. The number of ether oxygens (including phenoxy) is 3. The molecule has 220 valence electrons. The lowest BCUT2D eigenvalue weighted by Gasteiger charge is -2.34. The van der Waals surface area contributed by atoms with Gasteiger partial charge in [-0.05, 0) is 80.9 Å². The smallest absolute Gasteiger partial charge is 0.408 e. The Morgan fingerprint density at radius 2 is 2.07 bits per heavy atom. The summed E-state index contributed by atoms with van der Waals surface area (Å²) >= 11 is 5.01. The number of alkyl carbamates (subject to hydrolysis) is 1. The molecule has 4 heterocycles. The highest BCUT2D eigenvalue weighted by atomic mass is 79.9. The fourth-order valence-corrected chi connectivity index (χ4v) is 6.28.